The Morgan fingerprint density at radius 2 is 1.95 bits per heavy atom. The molecule has 0 saturated carbocycles. The third-order valence-corrected chi connectivity index (χ3v) is 4.26. The Morgan fingerprint density at radius 3 is 2.53 bits per heavy atom. The first-order chi connectivity index (χ1) is 9.13. The molecule has 108 valence electrons. The first-order valence-electron chi connectivity index (χ1n) is 6.97. The molecule has 0 spiro atoms. The van der Waals surface area contributed by atoms with Gasteiger partial charge in [-0.3, -0.25) is 0 Å². The van der Waals surface area contributed by atoms with Gasteiger partial charge in [0.15, 0.2) is 0 Å². The van der Waals surface area contributed by atoms with Crippen molar-refractivity contribution in [3.8, 4) is 0 Å². The largest absolute Gasteiger partial charge is 0.313 e. The standard InChI is InChI=1S/C15H24Cl2N2/c1-4-10-19(5-2)11-9-14(18-3)12-7-6-8-13(16)15(12)17/h6-8,14,18H,4-5,9-11H2,1-3H3. The van der Waals surface area contributed by atoms with E-state index in [1.807, 2.05) is 25.2 Å². The minimum Gasteiger partial charge on any atom is -0.313 e. The molecule has 1 aromatic rings. The van der Waals surface area contributed by atoms with Crippen LogP contribution < -0.4 is 5.32 Å². The maximum atomic E-state index is 6.29. The van der Waals surface area contributed by atoms with Crippen LogP contribution in [0.2, 0.25) is 10.0 Å². The summed E-state index contributed by atoms with van der Waals surface area (Å²) in [5.74, 6) is 0. The lowest BCUT2D eigenvalue weighted by Gasteiger charge is -2.24. The Morgan fingerprint density at radius 1 is 1.21 bits per heavy atom. The molecular formula is C15H24Cl2N2. The van der Waals surface area contributed by atoms with Crippen LogP contribution in [0.15, 0.2) is 18.2 Å². The maximum absolute atomic E-state index is 6.29. The van der Waals surface area contributed by atoms with Crippen LogP contribution in [-0.4, -0.2) is 31.6 Å². The van der Waals surface area contributed by atoms with Gasteiger partial charge in [-0.05, 0) is 51.2 Å². The van der Waals surface area contributed by atoms with Gasteiger partial charge in [0.1, 0.15) is 0 Å². The summed E-state index contributed by atoms with van der Waals surface area (Å²) in [7, 11) is 1.97. The van der Waals surface area contributed by atoms with Gasteiger partial charge in [-0.1, -0.05) is 49.2 Å². The molecule has 0 amide bonds. The molecule has 0 saturated heterocycles. The quantitative estimate of drug-likeness (QED) is 0.767. The fourth-order valence-corrected chi connectivity index (χ4v) is 2.74. The van der Waals surface area contributed by atoms with Crippen LogP contribution in [0.5, 0.6) is 0 Å². The van der Waals surface area contributed by atoms with Crippen molar-refractivity contribution < 1.29 is 0 Å². The normalized spacial score (nSPS) is 12.9. The van der Waals surface area contributed by atoms with E-state index in [-0.39, 0.29) is 6.04 Å². The van der Waals surface area contributed by atoms with Gasteiger partial charge >= 0.3 is 0 Å². The van der Waals surface area contributed by atoms with Crippen LogP contribution in [0.25, 0.3) is 0 Å². The van der Waals surface area contributed by atoms with Gasteiger partial charge in [0, 0.05) is 6.04 Å². The first-order valence-corrected chi connectivity index (χ1v) is 7.73. The average Bonchev–Trinajstić information content (AvgIpc) is 2.42. The summed E-state index contributed by atoms with van der Waals surface area (Å²) in [6.07, 6.45) is 2.22. The highest BCUT2D eigenvalue weighted by Crippen LogP contribution is 2.31. The van der Waals surface area contributed by atoms with Crippen molar-refractivity contribution in [2.45, 2.75) is 32.7 Å². The highest BCUT2D eigenvalue weighted by molar-refractivity contribution is 6.42. The van der Waals surface area contributed by atoms with Crippen molar-refractivity contribution in [2.75, 3.05) is 26.7 Å². The van der Waals surface area contributed by atoms with Gasteiger partial charge in [0.25, 0.3) is 0 Å². The molecule has 0 radical (unpaired) electrons. The molecule has 0 aliphatic carbocycles. The molecule has 1 atom stereocenters. The fourth-order valence-electron chi connectivity index (χ4n) is 2.30. The Balaban J connectivity index is 2.70. The van der Waals surface area contributed by atoms with Crippen LogP contribution in [0.3, 0.4) is 0 Å². The molecule has 1 aromatic carbocycles. The van der Waals surface area contributed by atoms with Crippen molar-refractivity contribution in [1.29, 1.82) is 0 Å². The lowest BCUT2D eigenvalue weighted by Crippen LogP contribution is -2.29. The molecule has 0 aliphatic rings. The van der Waals surface area contributed by atoms with E-state index >= 15 is 0 Å². The lowest BCUT2D eigenvalue weighted by molar-refractivity contribution is 0.271. The zero-order chi connectivity index (χ0) is 14.3. The molecule has 19 heavy (non-hydrogen) atoms. The number of rotatable bonds is 8. The van der Waals surface area contributed by atoms with Crippen LogP contribution >= 0.6 is 23.2 Å². The highest BCUT2D eigenvalue weighted by atomic mass is 35.5. The van der Waals surface area contributed by atoms with Gasteiger partial charge in [-0.15, -0.1) is 0 Å². The topological polar surface area (TPSA) is 15.3 Å². The Labute approximate surface area is 127 Å². The lowest BCUT2D eigenvalue weighted by atomic mass is 10.0. The van der Waals surface area contributed by atoms with Crippen molar-refractivity contribution in [1.82, 2.24) is 10.2 Å². The van der Waals surface area contributed by atoms with Gasteiger partial charge < -0.3 is 10.2 Å². The monoisotopic (exact) mass is 302 g/mol. The molecule has 2 nitrogen and oxygen atoms in total. The minimum atomic E-state index is 0.247. The number of hydrogen-bond donors (Lipinski definition) is 1. The minimum absolute atomic E-state index is 0.247. The van der Waals surface area contributed by atoms with E-state index in [4.69, 9.17) is 23.2 Å². The fraction of sp³-hybridized carbons (Fsp3) is 0.600. The van der Waals surface area contributed by atoms with Crippen LogP contribution in [0, 0.1) is 0 Å². The van der Waals surface area contributed by atoms with Gasteiger partial charge in [0.05, 0.1) is 10.0 Å². The third kappa shape index (κ3) is 4.96. The number of benzene rings is 1. The molecule has 1 N–H and O–H groups in total. The molecule has 0 fully saturated rings. The second kappa shape index (κ2) is 8.80. The summed E-state index contributed by atoms with van der Waals surface area (Å²) < 4.78 is 0. The molecule has 4 heteroatoms. The predicted molar refractivity (Wildman–Crippen MR) is 85.3 cm³/mol. The second-order valence-corrected chi connectivity index (χ2v) is 5.49. The highest BCUT2D eigenvalue weighted by Gasteiger charge is 2.15. The number of halogens is 2. The maximum Gasteiger partial charge on any atom is 0.0640 e. The zero-order valence-corrected chi connectivity index (χ0v) is 13.6. The third-order valence-electron chi connectivity index (χ3n) is 3.43. The summed E-state index contributed by atoms with van der Waals surface area (Å²) in [6.45, 7) is 7.73. The Kier molecular flexibility index (Phi) is 7.77. The summed E-state index contributed by atoms with van der Waals surface area (Å²) in [4.78, 5) is 2.46. The SMILES string of the molecule is CCCN(CC)CCC(NC)c1cccc(Cl)c1Cl. The van der Waals surface area contributed by atoms with Crippen LogP contribution in [-0.2, 0) is 0 Å². The van der Waals surface area contributed by atoms with E-state index in [1.54, 1.807) is 0 Å². The molecule has 0 heterocycles. The van der Waals surface area contributed by atoms with E-state index in [0.29, 0.717) is 10.0 Å². The molecule has 1 unspecified atom stereocenters. The molecule has 1 rings (SSSR count). The molecule has 0 bridgehead atoms. The van der Waals surface area contributed by atoms with Crippen molar-refractivity contribution >= 4 is 23.2 Å². The van der Waals surface area contributed by atoms with Crippen LogP contribution in [0.4, 0.5) is 0 Å². The molecular weight excluding hydrogens is 279 g/mol. The van der Waals surface area contributed by atoms with E-state index < -0.39 is 0 Å². The summed E-state index contributed by atoms with van der Waals surface area (Å²) >= 11 is 12.4. The summed E-state index contributed by atoms with van der Waals surface area (Å²) in [5, 5.41) is 4.63. The zero-order valence-electron chi connectivity index (χ0n) is 12.0. The van der Waals surface area contributed by atoms with E-state index in [9.17, 15) is 0 Å². The number of nitrogens with one attached hydrogen (secondary N) is 1. The number of hydrogen-bond acceptors (Lipinski definition) is 2. The van der Waals surface area contributed by atoms with E-state index in [1.165, 1.54) is 6.42 Å². The Bertz CT molecular complexity index is 382. The van der Waals surface area contributed by atoms with E-state index in [0.717, 1.165) is 31.6 Å². The van der Waals surface area contributed by atoms with E-state index in [2.05, 4.69) is 24.1 Å². The van der Waals surface area contributed by atoms with Crippen molar-refractivity contribution in [3.63, 3.8) is 0 Å². The van der Waals surface area contributed by atoms with Crippen molar-refractivity contribution in [3.05, 3.63) is 33.8 Å². The summed E-state index contributed by atoms with van der Waals surface area (Å²) in [5.41, 5.74) is 1.09. The predicted octanol–water partition coefficient (Wildman–Crippen LogP) is 4.38. The van der Waals surface area contributed by atoms with Gasteiger partial charge in [-0.2, -0.15) is 0 Å². The molecule has 0 aliphatic heterocycles. The smallest absolute Gasteiger partial charge is 0.0640 e. The Hall–Kier alpha value is -0.280. The van der Waals surface area contributed by atoms with Gasteiger partial charge in [-0.25, -0.2) is 0 Å². The number of nitrogens with zero attached hydrogens (tertiary/aromatic N) is 1. The second-order valence-electron chi connectivity index (χ2n) is 4.71. The van der Waals surface area contributed by atoms with Gasteiger partial charge in [0.2, 0.25) is 0 Å². The molecule has 0 aromatic heterocycles. The summed E-state index contributed by atoms with van der Waals surface area (Å²) in [6, 6.07) is 6.08. The van der Waals surface area contributed by atoms with Crippen LogP contribution in [0.1, 0.15) is 38.3 Å². The first kappa shape index (κ1) is 16.8. The van der Waals surface area contributed by atoms with Crippen molar-refractivity contribution in [2.24, 2.45) is 0 Å². The average molecular weight is 303 g/mol.